The molecule has 0 amide bonds. The molecule has 0 atom stereocenters. The number of hydrogen-bond donors (Lipinski definition) is 0. The maximum atomic E-state index is 13.5. The quantitative estimate of drug-likeness (QED) is 0.335. The maximum Gasteiger partial charge on any atom is 0.468 e. The Hall–Kier alpha value is -1.83. The lowest BCUT2D eigenvalue weighted by atomic mass is 10.2. The van der Waals surface area contributed by atoms with Crippen LogP contribution in [0.1, 0.15) is 5.56 Å². The predicted octanol–water partition coefficient (Wildman–Crippen LogP) is 5.83. The Balaban J connectivity index is 2.04. The Kier molecular flexibility index (Phi) is 5.14. The highest BCUT2D eigenvalue weighted by atomic mass is 35.6. The van der Waals surface area contributed by atoms with Gasteiger partial charge in [0.1, 0.15) is 5.75 Å². The SMILES string of the molecule is Cc1ccc(O/C(=N\C2(C(Cl)(Cl)Cl)Oc3ccccc3O2)C(F)(F)F)cc1. The molecular formula is C17H11Cl3F3NO3. The fraction of sp³-hybridized carbons (Fsp3) is 0.235. The number of hydrogen-bond acceptors (Lipinski definition) is 4. The number of rotatable bonds is 2. The molecule has 2 aromatic carbocycles. The summed E-state index contributed by atoms with van der Waals surface area (Å²) in [5.74, 6) is -4.26. The smallest absolute Gasteiger partial charge is 0.435 e. The van der Waals surface area contributed by atoms with E-state index in [4.69, 9.17) is 49.0 Å². The number of aliphatic imine (C=N–C) groups is 1. The Labute approximate surface area is 167 Å². The number of benzene rings is 2. The second-order valence-corrected chi connectivity index (χ2v) is 7.84. The Bertz CT molecular complexity index is 839. The van der Waals surface area contributed by atoms with E-state index in [-0.39, 0.29) is 17.2 Å². The summed E-state index contributed by atoms with van der Waals surface area (Å²) >= 11 is 17.6. The number of alkyl halides is 6. The van der Waals surface area contributed by atoms with Crippen molar-refractivity contribution in [3.63, 3.8) is 0 Å². The first-order chi connectivity index (χ1) is 12.5. The van der Waals surface area contributed by atoms with Gasteiger partial charge in [-0.25, -0.2) is 0 Å². The average Bonchev–Trinajstić information content (AvgIpc) is 2.95. The Morgan fingerprint density at radius 1 is 0.963 bits per heavy atom. The summed E-state index contributed by atoms with van der Waals surface area (Å²) in [6.07, 6.45) is -5.00. The number of para-hydroxylation sites is 2. The van der Waals surface area contributed by atoms with Gasteiger partial charge in [0.25, 0.3) is 3.79 Å². The highest BCUT2D eigenvalue weighted by Gasteiger charge is 2.60. The third-order valence-corrected chi connectivity index (χ3v) is 4.15. The van der Waals surface area contributed by atoms with Crippen LogP contribution in [0.25, 0.3) is 0 Å². The molecule has 0 aliphatic carbocycles. The molecule has 1 aliphatic rings. The highest BCUT2D eigenvalue weighted by molar-refractivity contribution is 6.68. The summed E-state index contributed by atoms with van der Waals surface area (Å²) in [7, 11) is 0. The summed E-state index contributed by atoms with van der Waals surface area (Å²) < 4.78 is 53.7. The van der Waals surface area contributed by atoms with E-state index in [0.717, 1.165) is 5.56 Å². The van der Waals surface area contributed by atoms with Crippen molar-refractivity contribution in [3.8, 4) is 17.2 Å². The van der Waals surface area contributed by atoms with E-state index in [0.29, 0.717) is 0 Å². The van der Waals surface area contributed by atoms with E-state index in [2.05, 4.69) is 4.99 Å². The van der Waals surface area contributed by atoms with Crippen molar-refractivity contribution in [1.82, 2.24) is 0 Å². The second-order valence-electron chi connectivity index (χ2n) is 5.56. The highest BCUT2D eigenvalue weighted by Crippen LogP contribution is 2.50. The van der Waals surface area contributed by atoms with Crippen molar-refractivity contribution in [2.45, 2.75) is 22.8 Å². The van der Waals surface area contributed by atoms with E-state index in [1.54, 1.807) is 31.2 Å². The van der Waals surface area contributed by atoms with Crippen LogP contribution in [-0.2, 0) is 0 Å². The zero-order valence-electron chi connectivity index (χ0n) is 13.6. The lowest BCUT2D eigenvalue weighted by Gasteiger charge is -2.30. The topological polar surface area (TPSA) is 40.0 Å². The van der Waals surface area contributed by atoms with Gasteiger partial charge < -0.3 is 14.2 Å². The van der Waals surface area contributed by atoms with Crippen molar-refractivity contribution in [2.75, 3.05) is 0 Å². The first-order valence-corrected chi connectivity index (χ1v) is 8.59. The Morgan fingerprint density at radius 2 is 1.48 bits per heavy atom. The van der Waals surface area contributed by atoms with Crippen molar-refractivity contribution in [2.24, 2.45) is 4.99 Å². The van der Waals surface area contributed by atoms with Gasteiger partial charge in [0.2, 0.25) is 0 Å². The standard InChI is InChI=1S/C17H11Cl3F3NO3/c1-10-6-8-11(9-7-10)25-14(15(21,22)23)24-17(16(18,19)20)26-12-4-2-3-5-13(12)27-17/h2-9H,1H3/b24-14-. The van der Waals surface area contributed by atoms with Gasteiger partial charge in [0.05, 0.1) is 0 Å². The van der Waals surface area contributed by atoms with Gasteiger partial charge in [-0.05, 0) is 31.2 Å². The number of nitrogens with zero attached hydrogens (tertiary/aromatic N) is 1. The maximum absolute atomic E-state index is 13.5. The van der Waals surface area contributed by atoms with Crippen molar-refractivity contribution in [3.05, 3.63) is 54.1 Å². The molecule has 0 saturated carbocycles. The lowest BCUT2D eigenvalue weighted by Crippen LogP contribution is -2.51. The van der Waals surface area contributed by atoms with Crippen molar-refractivity contribution >= 4 is 40.7 Å². The monoisotopic (exact) mass is 439 g/mol. The molecule has 27 heavy (non-hydrogen) atoms. The minimum atomic E-state index is -5.00. The van der Waals surface area contributed by atoms with Crippen LogP contribution >= 0.6 is 34.8 Å². The van der Waals surface area contributed by atoms with Gasteiger partial charge in [-0.1, -0.05) is 64.6 Å². The normalized spacial score (nSPS) is 16.3. The van der Waals surface area contributed by atoms with Crippen LogP contribution < -0.4 is 14.2 Å². The summed E-state index contributed by atoms with van der Waals surface area (Å²) in [4.78, 5) is 3.41. The molecule has 3 rings (SSSR count). The first-order valence-electron chi connectivity index (χ1n) is 7.45. The van der Waals surface area contributed by atoms with Crippen molar-refractivity contribution in [1.29, 1.82) is 0 Å². The van der Waals surface area contributed by atoms with Gasteiger partial charge in [-0.3, -0.25) is 0 Å². The van der Waals surface area contributed by atoms with Gasteiger partial charge >= 0.3 is 18.0 Å². The minimum Gasteiger partial charge on any atom is -0.435 e. The molecule has 0 saturated heterocycles. The van der Waals surface area contributed by atoms with Crippen LogP contribution in [0.5, 0.6) is 17.2 Å². The molecule has 0 fully saturated rings. The fourth-order valence-corrected chi connectivity index (χ4v) is 2.52. The number of ether oxygens (including phenoxy) is 3. The summed E-state index contributed by atoms with van der Waals surface area (Å²) in [6, 6.07) is 11.9. The van der Waals surface area contributed by atoms with Crippen LogP contribution in [0.4, 0.5) is 13.2 Å². The molecule has 2 aromatic rings. The fourth-order valence-electron chi connectivity index (χ4n) is 2.16. The number of aryl methyl sites for hydroxylation is 1. The van der Waals surface area contributed by atoms with Gasteiger partial charge in [-0.2, -0.15) is 18.2 Å². The molecule has 144 valence electrons. The molecule has 0 N–H and O–H groups in total. The number of fused-ring (bicyclic) bond motifs is 1. The van der Waals surface area contributed by atoms with Crippen LogP contribution in [-0.4, -0.2) is 21.8 Å². The first kappa shape index (κ1) is 19.9. The van der Waals surface area contributed by atoms with Crippen LogP contribution in [0, 0.1) is 6.92 Å². The third-order valence-electron chi connectivity index (χ3n) is 3.43. The molecular weight excluding hydrogens is 430 g/mol. The largest absolute Gasteiger partial charge is 0.468 e. The molecule has 1 heterocycles. The molecule has 1 aliphatic heterocycles. The van der Waals surface area contributed by atoms with Gasteiger partial charge in [0.15, 0.2) is 11.5 Å². The van der Waals surface area contributed by atoms with Crippen LogP contribution in [0.15, 0.2) is 53.5 Å². The van der Waals surface area contributed by atoms with Crippen LogP contribution in [0.2, 0.25) is 0 Å². The molecule has 0 radical (unpaired) electrons. The Morgan fingerprint density at radius 3 is 1.93 bits per heavy atom. The molecule has 0 unspecified atom stereocenters. The summed E-state index contributed by atoms with van der Waals surface area (Å²) in [6.45, 7) is 1.78. The van der Waals surface area contributed by atoms with E-state index in [9.17, 15) is 13.2 Å². The average molecular weight is 441 g/mol. The van der Waals surface area contributed by atoms with E-state index >= 15 is 0 Å². The van der Waals surface area contributed by atoms with Gasteiger partial charge in [0, 0.05) is 0 Å². The van der Waals surface area contributed by atoms with Gasteiger partial charge in [-0.15, -0.1) is 0 Å². The van der Waals surface area contributed by atoms with Crippen LogP contribution in [0.3, 0.4) is 0 Å². The second kappa shape index (κ2) is 6.96. The predicted molar refractivity (Wildman–Crippen MR) is 96.0 cm³/mol. The molecule has 0 aromatic heterocycles. The summed E-state index contributed by atoms with van der Waals surface area (Å²) in [5.41, 5.74) is 0.837. The summed E-state index contributed by atoms with van der Waals surface area (Å²) in [5, 5.41) is 0. The molecule has 4 nitrogen and oxygen atoms in total. The molecule has 10 heteroatoms. The van der Waals surface area contributed by atoms with E-state index in [1.807, 2.05) is 0 Å². The van der Waals surface area contributed by atoms with E-state index in [1.165, 1.54) is 24.3 Å². The molecule has 0 bridgehead atoms. The third kappa shape index (κ3) is 4.20. The van der Waals surface area contributed by atoms with Crippen molar-refractivity contribution < 1.29 is 27.4 Å². The minimum absolute atomic E-state index is 0.0736. The lowest BCUT2D eigenvalue weighted by molar-refractivity contribution is -0.0911. The molecule has 0 spiro atoms. The zero-order valence-corrected chi connectivity index (χ0v) is 15.8. The zero-order chi connectivity index (χ0) is 19.9. The number of halogens is 6. The van der Waals surface area contributed by atoms with E-state index < -0.39 is 21.8 Å².